The van der Waals surface area contributed by atoms with Crippen LogP contribution in [0.25, 0.3) is 0 Å². The second-order valence-corrected chi connectivity index (χ2v) is 7.39. The third-order valence-corrected chi connectivity index (χ3v) is 5.05. The van der Waals surface area contributed by atoms with Crippen molar-refractivity contribution < 1.29 is 4.79 Å². The van der Waals surface area contributed by atoms with E-state index >= 15 is 0 Å². The Labute approximate surface area is 117 Å². The van der Waals surface area contributed by atoms with E-state index in [9.17, 15) is 4.79 Å². The molecule has 0 saturated heterocycles. The van der Waals surface area contributed by atoms with Crippen molar-refractivity contribution in [3.05, 3.63) is 42.7 Å². The zero-order valence-corrected chi connectivity index (χ0v) is 12.7. The number of hydrogen-bond donors (Lipinski definition) is 1. The van der Waals surface area contributed by atoms with Crippen molar-refractivity contribution in [1.82, 2.24) is 5.32 Å². The number of aryl methyl sites for hydroxylation is 1. The zero-order chi connectivity index (χ0) is 12.4. The van der Waals surface area contributed by atoms with Gasteiger partial charge in [-0.15, -0.1) is 22.7 Å². The molecular weight excluding hydrogens is 318 g/mol. The molecule has 0 aromatic carbocycles. The van der Waals surface area contributed by atoms with Gasteiger partial charge in [0.15, 0.2) is 0 Å². The van der Waals surface area contributed by atoms with Gasteiger partial charge in [0.1, 0.15) is 0 Å². The van der Waals surface area contributed by atoms with E-state index in [2.05, 4.69) is 40.3 Å². The van der Waals surface area contributed by atoms with Crippen molar-refractivity contribution in [2.75, 3.05) is 0 Å². The van der Waals surface area contributed by atoms with E-state index in [0.717, 1.165) is 3.79 Å². The molecule has 0 spiro atoms. The fraction of sp³-hybridized carbons (Fsp3) is 0.250. The molecule has 2 aromatic heterocycles. The highest BCUT2D eigenvalue weighted by atomic mass is 79.9. The summed E-state index contributed by atoms with van der Waals surface area (Å²) in [4.78, 5) is 14.4. The Bertz CT molecular complexity index is 532. The van der Waals surface area contributed by atoms with Crippen molar-refractivity contribution in [1.29, 1.82) is 0 Å². The number of halogens is 1. The predicted octanol–water partition coefficient (Wildman–Crippen LogP) is 4.37. The molecule has 0 aliphatic heterocycles. The monoisotopic (exact) mass is 329 g/mol. The number of rotatable bonds is 3. The first-order chi connectivity index (χ1) is 8.06. The maximum Gasteiger partial charge on any atom is 0.252 e. The minimum Gasteiger partial charge on any atom is -0.345 e. The van der Waals surface area contributed by atoms with Gasteiger partial charge in [-0.1, -0.05) is 0 Å². The third kappa shape index (κ3) is 3.18. The molecule has 17 heavy (non-hydrogen) atoms. The summed E-state index contributed by atoms with van der Waals surface area (Å²) in [6, 6.07) is 6.03. The van der Waals surface area contributed by atoms with Gasteiger partial charge >= 0.3 is 0 Å². The highest BCUT2D eigenvalue weighted by Gasteiger charge is 2.13. The molecule has 0 bridgehead atoms. The molecule has 0 aliphatic carbocycles. The molecular formula is C12H12BrNOS2. The normalized spacial score (nSPS) is 12.4. The number of carbonyl (C=O) groups excluding carboxylic acids is 1. The first kappa shape index (κ1) is 12.8. The van der Waals surface area contributed by atoms with Crippen LogP contribution in [0.3, 0.4) is 0 Å². The second-order valence-electron chi connectivity index (χ2n) is 3.78. The van der Waals surface area contributed by atoms with Crippen molar-refractivity contribution >= 4 is 44.5 Å². The summed E-state index contributed by atoms with van der Waals surface area (Å²) >= 11 is 6.59. The molecule has 90 valence electrons. The highest BCUT2D eigenvalue weighted by molar-refractivity contribution is 9.11. The molecule has 0 fully saturated rings. The molecule has 0 radical (unpaired) electrons. The lowest BCUT2D eigenvalue weighted by molar-refractivity contribution is 0.0941. The molecule has 1 unspecified atom stereocenters. The third-order valence-electron chi connectivity index (χ3n) is 2.37. The predicted molar refractivity (Wildman–Crippen MR) is 77.0 cm³/mol. The number of thiophene rings is 2. The lowest BCUT2D eigenvalue weighted by atomic mass is 10.2. The average molecular weight is 330 g/mol. The fourth-order valence-corrected chi connectivity index (χ4v) is 3.48. The smallest absolute Gasteiger partial charge is 0.252 e. The topological polar surface area (TPSA) is 29.1 Å². The van der Waals surface area contributed by atoms with E-state index in [-0.39, 0.29) is 11.9 Å². The lowest BCUT2D eigenvalue weighted by Gasteiger charge is -2.11. The fourth-order valence-electron chi connectivity index (χ4n) is 1.47. The van der Waals surface area contributed by atoms with Crippen LogP contribution in [0.5, 0.6) is 0 Å². The van der Waals surface area contributed by atoms with Crippen LogP contribution in [0.1, 0.15) is 33.1 Å². The van der Waals surface area contributed by atoms with E-state index in [1.165, 1.54) is 21.1 Å². The van der Waals surface area contributed by atoms with Gasteiger partial charge in [0.05, 0.1) is 15.4 Å². The number of nitrogens with one attached hydrogen (secondary N) is 1. The molecule has 0 saturated carbocycles. The Morgan fingerprint density at radius 3 is 2.76 bits per heavy atom. The molecule has 0 aliphatic rings. The van der Waals surface area contributed by atoms with Gasteiger partial charge in [0.25, 0.3) is 5.91 Å². The largest absolute Gasteiger partial charge is 0.345 e. The first-order valence-corrected chi connectivity index (χ1v) is 7.66. The molecule has 2 aromatic rings. The second kappa shape index (κ2) is 5.33. The Balaban J connectivity index is 2.04. The van der Waals surface area contributed by atoms with Gasteiger partial charge in [-0.2, -0.15) is 0 Å². The van der Waals surface area contributed by atoms with Crippen LogP contribution < -0.4 is 5.32 Å². The number of hydrogen-bond acceptors (Lipinski definition) is 3. The minimum atomic E-state index is -0.0227. The van der Waals surface area contributed by atoms with Gasteiger partial charge in [0.2, 0.25) is 0 Å². The van der Waals surface area contributed by atoms with Crippen LogP contribution >= 0.6 is 38.6 Å². The van der Waals surface area contributed by atoms with Crippen LogP contribution in [0.15, 0.2) is 27.4 Å². The van der Waals surface area contributed by atoms with Crippen LogP contribution in [0.2, 0.25) is 0 Å². The van der Waals surface area contributed by atoms with Gasteiger partial charge in [0, 0.05) is 15.1 Å². The minimum absolute atomic E-state index is 0.0227. The summed E-state index contributed by atoms with van der Waals surface area (Å²) < 4.78 is 0.974. The molecule has 1 amide bonds. The summed E-state index contributed by atoms with van der Waals surface area (Å²) in [6.07, 6.45) is 0. The van der Waals surface area contributed by atoms with E-state index in [4.69, 9.17) is 0 Å². The maximum atomic E-state index is 11.9. The van der Waals surface area contributed by atoms with Crippen LogP contribution in [-0.4, -0.2) is 5.91 Å². The standard InChI is InChI=1S/C12H12BrNOS2/c1-7-3-4-10(17-7)8(2)14-12(15)9-5-11(13)16-6-9/h3-6,8H,1-2H3,(H,14,15). The van der Waals surface area contributed by atoms with E-state index in [1.54, 1.807) is 11.3 Å². The molecule has 1 N–H and O–H groups in total. The Kier molecular flexibility index (Phi) is 4.01. The Morgan fingerprint density at radius 2 is 2.24 bits per heavy atom. The molecule has 2 heterocycles. The molecule has 1 atom stereocenters. The summed E-state index contributed by atoms with van der Waals surface area (Å²) in [5.41, 5.74) is 0.710. The van der Waals surface area contributed by atoms with Gasteiger partial charge < -0.3 is 5.32 Å². The van der Waals surface area contributed by atoms with Crippen LogP contribution in [-0.2, 0) is 0 Å². The van der Waals surface area contributed by atoms with Gasteiger partial charge in [-0.05, 0) is 48.0 Å². The van der Waals surface area contributed by atoms with Crippen molar-refractivity contribution in [3.8, 4) is 0 Å². The summed E-state index contributed by atoms with van der Waals surface area (Å²) in [7, 11) is 0. The lowest BCUT2D eigenvalue weighted by Crippen LogP contribution is -2.25. The summed E-state index contributed by atoms with van der Waals surface area (Å²) in [5, 5.41) is 4.85. The highest BCUT2D eigenvalue weighted by Crippen LogP contribution is 2.24. The summed E-state index contributed by atoms with van der Waals surface area (Å²) in [5.74, 6) is -0.0227. The van der Waals surface area contributed by atoms with Gasteiger partial charge in [-0.3, -0.25) is 4.79 Å². The van der Waals surface area contributed by atoms with Crippen molar-refractivity contribution in [2.24, 2.45) is 0 Å². The number of amides is 1. The average Bonchev–Trinajstić information content (AvgIpc) is 2.87. The van der Waals surface area contributed by atoms with Crippen LogP contribution in [0.4, 0.5) is 0 Å². The van der Waals surface area contributed by atoms with E-state index in [0.29, 0.717) is 5.56 Å². The quantitative estimate of drug-likeness (QED) is 0.889. The SMILES string of the molecule is Cc1ccc(C(C)NC(=O)c2csc(Br)c2)s1. The van der Waals surface area contributed by atoms with Crippen LogP contribution in [0, 0.1) is 6.92 Å². The van der Waals surface area contributed by atoms with E-state index < -0.39 is 0 Å². The van der Waals surface area contributed by atoms with Gasteiger partial charge in [-0.25, -0.2) is 0 Å². The zero-order valence-electron chi connectivity index (χ0n) is 9.49. The number of carbonyl (C=O) groups is 1. The summed E-state index contributed by atoms with van der Waals surface area (Å²) in [6.45, 7) is 4.07. The van der Waals surface area contributed by atoms with Crippen molar-refractivity contribution in [3.63, 3.8) is 0 Å². The molecule has 5 heteroatoms. The van der Waals surface area contributed by atoms with E-state index in [1.807, 2.05) is 18.4 Å². The first-order valence-electron chi connectivity index (χ1n) is 5.17. The Morgan fingerprint density at radius 1 is 1.47 bits per heavy atom. The Hall–Kier alpha value is -0.650. The molecule has 2 nitrogen and oxygen atoms in total. The maximum absolute atomic E-state index is 11.9. The van der Waals surface area contributed by atoms with Crippen molar-refractivity contribution in [2.45, 2.75) is 19.9 Å². The molecule has 2 rings (SSSR count).